The van der Waals surface area contributed by atoms with Crippen molar-refractivity contribution in [3.05, 3.63) is 24.3 Å². The van der Waals surface area contributed by atoms with E-state index in [9.17, 15) is 13.6 Å². The first-order valence-electron chi connectivity index (χ1n) is 6.48. The molecule has 1 unspecified atom stereocenters. The van der Waals surface area contributed by atoms with Crippen molar-refractivity contribution < 1.29 is 18.3 Å². The Morgan fingerprint density at radius 1 is 1.40 bits per heavy atom. The van der Waals surface area contributed by atoms with Crippen molar-refractivity contribution in [2.75, 3.05) is 11.9 Å². The van der Waals surface area contributed by atoms with Crippen molar-refractivity contribution >= 4 is 11.6 Å². The zero-order chi connectivity index (χ0) is 15.1. The number of alkyl halides is 2. The number of ether oxygens (including phenoxy) is 1. The molecular formula is C14H20F2N2O2. The molecule has 0 radical (unpaired) electrons. The first kappa shape index (κ1) is 16.4. The molecule has 1 atom stereocenters. The minimum Gasteiger partial charge on any atom is -0.435 e. The Kier molecular flexibility index (Phi) is 6.38. The van der Waals surface area contributed by atoms with Crippen LogP contribution in [0.25, 0.3) is 0 Å². The molecule has 0 aromatic heterocycles. The molecule has 0 fully saturated rings. The van der Waals surface area contributed by atoms with E-state index >= 15 is 0 Å². The van der Waals surface area contributed by atoms with Crippen molar-refractivity contribution in [2.24, 2.45) is 17.6 Å². The average Bonchev–Trinajstić information content (AvgIpc) is 2.35. The van der Waals surface area contributed by atoms with Gasteiger partial charge in [0.05, 0.1) is 5.92 Å². The molecule has 1 aromatic rings. The number of amides is 1. The summed E-state index contributed by atoms with van der Waals surface area (Å²) in [5, 5.41) is 2.67. The van der Waals surface area contributed by atoms with Crippen LogP contribution in [0.3, 0.4) is 0 Å². The smallest absolute Gasteiger partial charge is 0.387 e. The Morgan fingerprint density at radius 3 is 2.65 bits per heavy atom. The number of halogens is 2. The quantitative estimate of drug-likeness (QED) is 0.810. The van der Waals surface area contributed by atoms with E-state index in [2.05, 4.69) is 10.1 Å². The molecule has 112 valence electrons. The summed E-state index contributed by atoms with van der Waals surface area (Å²) in [5.41, 5.74) is 6.00. The molecular weight excluding hydrogens is 266 g/mol. The number of anilines is 1. The van der Waals surface area contributed by atoms with Crippen molar-refractivity contribution in [3.8, 4) is 5.75 Å². The number of nitrogens with two attached hydrogens (primary N) is 1. The van der Waals surface area contributed by atoms with E-state index in [0.29, 0.717) is 18.0 Å². The van der Waals surface area contributed by atoms with Gasteiger partial charge in [0.15, 0.2) is 0 Å². The highest BCUT2D eigenvalue weighted by atomic mass is 19.3. The fourth-order valence-corrected chi connectivity index (χ4v) is 1.87. The topological polar surface area (TPSA) is 64.4 Å². The molecule has 20 heavy (non-hydrogen) atoms. The monoisotopic (exact) mass is 286 g/mol. The third-order valence-corrected chi connectivity index (χ3v) is 2.74. The second-order valence-electron chi connectivity index (χ2n) is 4.96. The molecule has 1 rings (SSSR count). The van der Waals surface area contributed by atoms with Gasteiger partial charge in [-0.2, -0.15) is 8.78 Å². The van der Waals surface area contributed by atoms with Gasteiger partial charge in [0.2, 0.25) is 5.91 Å². The van der Waals surface area contributed by atoms with E-state index in [1.807, 2.05) is 13.8 Å². The number of hydrogen-bond donors (Lipinski definition) is 2. The molecule has 0 aliphatic heterocycles. The first-order chi connectivity index (χ1) is 9.42. The highest BCUT2D eigenvalue weighted by molar-refractivity contribution is 5.92. The molecule has 0 saturated carbocycles. The lowest BCUT2D eigenvalue weighted by molar-refractivity contribution is -0.120. The molecule has 0 heterocycles. The van der Waals surface area contributed by atoms with Gasteiger partial charge in [0, 0.05) is 18.3 Å². The summed E-state index contributed by atoms with van der Waals surface area (Å²) in [6, 6.07) is 5.90. The highest BCUT2D eigenvalue weighted by Gasteiger charge is 2.18. The summed E-state index contributed by atoms with van der Waals surface area (Å²) in [7, 11) is 0. The fraction of sp³-hybridized carbons (Fsp3) is 0.500. The molecule has 1 aromatic carbocycles. The zero-order valence-corrected chi connectivity index (χ0v) is 11.6. The van der Waals surface area contributed by atoms with Gasteiger partial charge >= 0.3 is 6.61 Å². The predicted molar refractivity (Wildman–Crippen MR) is 73.7 cm³/mol. The minimum atomic E-state index is -2.89. The molecule has 0 saturated heterocycles. The lowest BCUT2D eigenvalue weighted by Crippen LogP contribution is -2.30. The molecule has 1 amide bonds. The summed E-state index contributed by atoms with van der Waals surface area (Å²) in [5.74, 6) is -0.154. The Morgan fingerprint density at radius 2 is 2.10 bits per heavy atom. The van der Waals surface area contributed by atoms with E-state index in [4.69, 9.17) is 5.73 Å². The van der Waals surface area contributed by atoms with Crippen LogP contribution in [0.1, 0.15) is 20.3 Å². The van der Waals surface area contributed by atoms with E-state index in [1.165, 1.54) is 18.2 Å². The molecule has 0 aliphatic carbocycles. The van der Waals surface area contributed by atoms with E-state index in [0.717, 1.165) is 0 Å². The third kappa shape index (κ3) is 5.52. The maximum Gasteiger partial charge on any atom is 0.387 e. The summed E-state index contributed by atoms with van der Waals surface area (Å²) >= 11 is 0. The van der Waals surface area contributed by atoms with Crippen LogP contribution < -0.4 is 15.8 Å². The van der Waals surface area contributed by atoms with Crippen LogP contribution in [0.2, 0.25) is 0 Å². The van der Waals surface area contributed by atoms with Gasteiger partial charge < -0.3 is 15.8 Å². The second-order valence-corrected chi connectivity index (χ2v) is 4.96. The van der Waals surface area contributed by atoms with E-state index in [-0.39, 0.29) is 24.1 Å². The van der Waals surface area contributed by atoms with Gasteiger partial charge in [-0.25, -0.2) is 0 Å². The van der Waals surface area contributed by atoms with Gasteiger partial charge in [-0.1, -0.05) is 19.9 Å². The predicted octanol–water partition coefficient (Wildman–Crippen LogP) is 2.85. The lowest BCUT2D eigenvalue weighted by atomic mass is 9.96. The summed E-state index contributed by atoms with van der Waals surface area (Å²) in [6.07, 6.45) is 0.676. The number of carbonyl (C=O) groups excluding carboxylic acids is 1. The maximum atomic E-state index is 12.1. The Bertz CT molecular complexity index is 439. The average molecular weight is 286 g/mol. The van der Waals surface area contributed by atoms with Crippen LogP contribution in [0.15, 0.2) is 24.3 Å². The summed E-state index contributed by atoms with van der Waals surface area (Å²) in [6.45, 7) is 1.37. The van der Waals surface area contributed by atoms with Crippen molar-refractivity contribution in [1.29, 1.82) is 0 Å². The summed E-state index contributed by atoms with van der Waals surface area (Å²) in [4.78, 5) is 12.0. The van der Waals surface area contributed by atoms with Gasteiger partial charge in [-0.3, -0.25) is 4.79 Å². The third-order valence-electron chi connectivity index (χ3n) is 2.74. The molecule has 0 aliphatic rings. The number of hydrogen-bond acceptors (Lipinski definition) is 3. The second kappa shape index (κ2) is 7.79. The fourth-order valence-electron chi connectivity index (χ4n) is 1.87. The standard InChI is InChI=1S/C14H20F2N2O2/c1-9(2)6-10(8-17)13(19)18-11-4-3-5-12(7-11)20-14(15)16/h3-5,7,9-10,14H,6,8,17H2,1-2H3,(H,18,19). The number of carbonyl (C=O) groups is 1. The van der Waals surface area contributed by atoms with Gasteiger partial charge in [-0.05, 0) is 24.5 Å². The van der Waals surface area contributed by atoms with Gasteiger partial charge in [0.25, 0.3) is 0 Å². The SMILES string of the molecule is CC(C)CC(CN)C(=O)Nc1cccc(OC(F)F)c1. The number of nitrogens with one attached hydrogen (secondary N) is 1. The van der Waals surface area contributed by atoms with Crippen LogP contribution in [-0.2, 0) is 4.79 Å². The number of rotatable bonds is 7. The van der Waals surface area contributed by atoms with E-state index in [1.54, 1.807) is 6.07 Å². The zero-order valence-electron chi connectivity index (χ0n) is 11.6. The van der Waals surface area contributed by atoms with Crippen LogP contribution in [-0.4, -0.2) is 19.1 Å². The van der Waals surface area contributed by atoms with Gasteiger partial charge in [-0.15, -0.1) is 0 Å². The normalized spacial score (nSPS) is 12.6. The molecule has 0 spiro atoms. The van der Waals surface area contributed by atoms with Gasteiger partial charge in [0.1, 0.15) is 5.75 Å². The molecule has 3 N–H and O–H groups in total. The maximum absolute atomic E-state index is 12.1. The van der Waals surface area contributed by atoms with Crippen LogP contribution in [0, 0.1) is 11.8 Å². The Hall–Kier alpha value is -1.69. The highest BCUT2D eigenvalue weighted by Crippen LogP contribution is 2.20. The molecule has 4 nitrogen and oxygen atoms in total. The molecule has 6 heteroatoms. The van der Waals surface area contributed by atoms with Crippen LogP contribution >= 0.6 is 0 Å². The van der Waals surface area contributed by atoms with Crippen LogP contribution in [0.5, 0.6) is 5.75 Å². The van der Waals surface area contributed by atoms with Crippen molar-refractivity contribution in [1.82, 2.24) is 0 Å². The minimum absolute atomic E-state index is 0.00552. The largest absolute Gasteiger partial charge is 0.435 e. The van der Waals surface area contributed by atoms with Crippen LogP contribution in [0.4, 0.5) is 14.5 Å². The van der Waals surface area contributed by atoms with E-state index < -0.39 is 6.61 Å². The first-order valence-corrected chi connectivity index (χ1v) is 6.48. The molecule has 0 bridgehead atoms. The number of benzene rings is 1. The summed E-state index contributed by atoms with van der Waals surface area (Å²) < 4.78 is 28.5. The van der Waals surface area contributed by atoms with Crippen molar-refractivity contribution in [2.45, 2.75) is 26.9 Å². The lowest BCUT2D eigenvalue weighted by Gasteiger charge is -2.17. The Balaban J connectivity index is 2.69. The Labute approximate surface area is 117 Å². The van der Waals surface area contributed by atoms with Crippen molar-refractivity contribution in [3.63, 3.8) is 0 Å².